The van der Waals surface area contributed by atoms with Crippen molar-refractivity contribution in [2.24, 2.45) is 0 Å². The summed E-state index contributed by atoms with van der Waals surface area (Å²) in [6.07, 6.45) is 0. The van der Waals surface area contributed by atoms with Crippen molar-refractivity contribution in [2.75, 3.05) is 0 Å². The van der Waals surface area contributed by atoms with Crippen LogP contribution in [-0.4, -0.2) is 6.72 Å². The van der Waals surface area contributed by atoms with Crippen LogP contribution in [0.2, 0.25) is 0 Å². The summed E-state index contributed by atoms with van der Waals surface area (Å²) in [7, 11) is 20.3. The summed E-state index contributed by atoms with van der Waals surface area (Å²) >= 11 is 4.72. The number of rotatable bonds is 0. The molecule has 0 aromatic carbocycles. The molecule has 0 radical (unpaired) electrons. The monoisotopic (exact) mass is 428 g/mol. The zero-order chi connectivity index (χ0) is 10.5. The molecule has 0 saturated heterocycles. The Bertz CT molecular complexity index is 573. The van der Waals surface area contributed by atoms with Crippen LogP contribution in [0.4, 0.5) is 0 Å². The fraction of sp³-hybridized carbons (Fsp3) is 0. The van der Waals surface area contributed by atoms with Crippen molar-refractivity contribution in [1.82, 2.24) is 0 Å². The van der Waals surface area contributed by atoms with E-state index in [1.54, 1.807) is 88.8 Å². The third-order valence-electron chi connectivity index (χ3n) is 0.326. The van der Waals surface area contributed by atoms with E-state index in [9.17, 15) is 0 Å². The second kappa shape index (κ2) is 15.9. The summed E-state index contributed by atoms with van der Waals surface area (Å²) in [6, 6.07) is 0. The Kier molecular flexibility index (Phi) is 19.3. The first kappa shape index (κ1) is 16.9. The molecule has 0 heterocycles. The van der Waals surface area contributed by atoms with E-state index < -0.39 is 0 Å². The minimum Gasteiger partial charge on any atom is 0 e. The molecule has 14 heavy (non-hydrogen) atoms. The first-order chi connectivity index (χ1) is 6.91. The topological polar surface area (TPSA) is 0 Å². The molecule has 0 amide bonds. The van der Waals surface area contributed by atoms with Gasteiger partial charge in [-0.3, -0.25) is 0 Å². The molecule has 0 spiro atoms. The van der Waals surface area contributed by atoms with E-state index in [4.69, 9.17) is 11.2 Å². The standard InChI is InChI=1S/BHS13/c1-3-5-7-9-11-13-14-12-10-8-6-4-2/h1H. The van der Waals surface area contributed by atoms with E-state index in [-0.39, 0.29) is 0 Å². The summed E-state index contributed by atoms with van der Waals surface area (Å²) < 4.78 is 0. The van der Waals surface area contributed by atoms with E-state index >= 15 is 0 Å². The molecule has 0 unspecified atom stereocenters. The second-order valence-corrected chi connectivity index (χ2v) is 21.3. The molecule has 0 fully saturated rings. The third-order valence-corrected chi connectivity index (χ3v) is 23.8. The van der Waals surface area contributed by atoms with E-state index in [2.05, 4.69) is 6.72 Å². The van der Waals surface area contributed by atoms with Crippen molar-refractivity contribution in [3.05, 3.63) is 0 Å². The van der Waals surface area contributed by atoms with Crippen molar-refractivity contribution in [1.29, 1.82) is 0 Å². The Balaban J connectivity index is 5.57. The second-order valence-electron chi connectivity index (χ2n) is 0.866. The molecule has 0 aliphatic rings. The van der Waals surface area contributed by atoms with E-state index in [1.807, 2.05) is 0 Å². The van der Waals surface area contributed by atoms with Gasteiger partial charge in [-0.05, 0) is 0 Å². The molecule has 0 aromatic rings. The quantitative estimate of drug-likeness (QED) is 0.461. The molecule has 0 rings (SSSR count). The van der Waals surface area contributed by atoms with E-state index in [1.165, 1.54) is 18.6 Å². The van der Waals surface area contributed by atoms with Crippen molar-refractivity contribution < 1.29 is 0 Å². The molecular formula is HBS13. The average Bonchev–Trinajstić information content (AvgIpc) is 2.21. The van der Waals surface area contributed by atoms with Crippen molar-refractivity contribution in [3.8, 4) is 0 Å². The number of hydrogen-bond acceptors (Lipinski definition) is 1. The summed E-state index contributed by atoms with van der Waals surface area (Å²) in [5.41, 5.74) is 0. The molecule has 0 N–H and O–H groups in total. The van der Waals surface area contributed by atoms with Crippen LogP contribution in [-0.2, 0) is 119 Å². The molecule has 82 valence electrons. The van der Waals surface area contributed by atoms with Gasteiger partial charge < -0.3 is 0 Å². The molecular weight excluding hydrogens is 428 g/mol. The Hall–Kier alpha value is 2.92. The van der Waals surface area contributed by atoms with E-state index in [0.717, 1.165) is 0 Å². The first-order valence-electron chi connectivity index (χ1n) is 2.29. The van der Waals surface area contributed by atoms with Crippen LogP contribution in [0.25, 0.3) is 0 Å². The zero-order valence-corrected chi connectivity index (χ0v) is 16.6. The summed E-state index contributed by atoms with van der Waals surface area (Å²) in [4.78, 5) is 0. The van der Waals surface area contributed by atoms with Crippen LogP contribution >= 0.6 is 0 Å². The molecule has 0 aliphatic carbocycles. The maximum atomic E-state index is 4.72. The third kappa shape index (κ3) is 14.9. The van der Waals surface area contributed by atoms with Gasteiger partial charge in [0.05, 0.1) is 0 Å². The Morgan fingerprint density at radius 1 is 0.571 bits per heavy atom. The Labute approximate surface area is 123 Å². The van der Waals surface area contributed by atoms with Crippen molar-refractivity contribution in [2.45, 2.75) is 0 Å². The van der Waals surface area contributed by atoms with Crippen molar-refractivity contribution in [3.63, 3.8) is 0 Å². The average molecular weight is 429 g/mol. The summed E-state index contributed by atoms with van der Waals surface area (Å²) in [5, 5.41) is 0. The smallest absolute Gasteiger partial charge is 0 e. The fourth-order valence-electron chi connectivity index (χ4n) is 0.122. The van der Waals surface area contributed by atoms with Crippen LogP contribution < -0.4 is 0 Å². The molecule has 0 aliphatic heterocycles. The van der Waals surface area contributed by atoms with Gasteiger partial charge in [-0.25, -0.2) is 0 Å². The predicted octanol–water partition coefficient (Wildman–Crippen LogP) is -0.680. The maximum absolute atomic E-state index is 4.72. The van der Waals surface area contributed by atoms with Gasteiger partial charge in [0.2, 0.25) is 0 Å². The van der Waals surface area contributed by atoms with Crippen LogP contribution in [0.5, 0.6) is 0 Å². The van der Waals surface area contributed by atoms with Gasteiger partial charge in [0, 0.05) is 11.2 Å². The Morgan fingerprint density at radius 2 is 0.929 bits per heavy atom. The van der Waals surface area contributed by atoms with Crippen LogP contribution in [0, 0.1) is 0 Å². The van der Waals surface area contributed by atoms with Crippen LogP contribution in [0.15, 0.2) is 0 Å². The van der Waals surface area contributed by atoms with Gasteiger partial charge in [0.1, 0.15) is 0 Å². The SMILES string of the molecule is B=S=S=S=S=S=S=S=S=S=S=S=S=S. The van der Waals surface area contributed by atoms with Gasteiger partial charge in [0.25, 0.3) is 0 Å². The Morgan fingerprint density at radius 3 is 1.29 bits per heavy atom. The zero-order valence-electron chi connectivity index (χ0n) is 6.01. The van der Waals surface area contributed by atoms with E-state index in [0.29, 0.717) is 0 Å². The van der Waals surface area contributed by atoms with Crippen LogP contribution in [0.3, 0.4) is 0 Å². The molecule has 14 heteroatoms. The molecule has 0 saturated carbocycles. The van der Waals surface area contributed by atoms with Gasteiger partial charge in [-0.2, -0.15) is 0 Å². The van der Waals surface area contributed by atoms with Gasteiger partial charge >= 0.3 is 114 Å². The summed E-state index contributed by atoms with van der Waals surface area (Å²) in [5.74, 6) is 0. The fourth-order valence-corrected chi connectivity index (χ4v) is 26.4. The van der Waals surface area contributed by atoms with Crippen LogP contribution in [0.1, 0.15) is 0 Å². The summed E-state index contributed by atoms with van der Waals surface area (Å²) in [6.45, 7) is 3.66. The minimum atomic E-state index is 1.37. The molecule has 0 atom stereocenters. The van der Waals surface area contributed by atoms with Gasteiger partial charge in [-0.1, -0.05) is 0 Å². The molecule has 0 nitrogen and oxygen atoms in total. The van der Waals surface area contributed by atoms with Crippen molar-refractivity contribution >= 4 is 125 Å². The molecule has 0 aromatic heterocycles. The predicted molar refractivity (Wildman–Crippen MR) is 103 cm³/mol. The first-order valence-corrected chi connectivity index (χ1v) is 18.9. The minimum absolute atomic E-state index is 1.37. The number of hydrogen-bond donors (Lipinski definition) is 0. The normalized spacial score (nSPS) is 7.07. The molecule has 0 bridgehead atoms. The van der Waals surface area contributed by atoms with Gasteiger partial charge in [-0.15, -0.1) is 0 Å². The van der Waals surface area contributed by atoms with Gasteiger partial charge in [0.15, 0.2) is 0 Å².